The number of hydrogen-bond donors (Lipinski definition) is 0. The summed E-state index contributed by atoms with van der Waals surface area (Å²) >= 11 is 0. The van der Waals surface area contributed by atoms with Crippen LogP contribution in [-0.4, -0.2) is 133 Å². The second kappa shape index (κ2) is 30.3. The average molecular weight is 1370 g/mol. The summed E-state index contributed by atoms with van der Waals surface area (Å²) in [5, 5.41) is 1.88. The Hall–Kier alpha value is -12.5. The molecule has 11 aromatic carbocycles. The lowest BCUT2D eigenvalue weighted by Crippen LogP contribution is -2.48. The number of nitrogens with zero attached hydrogens (tertiary/aromatic N) is 4. The van der Waals surface area contributed by atoms with Crippen LogP contribution < -0.4 is 18.9 Å². The topological polar surface area (TPSA) is 223 Å². The Labute approximate surface area is 586 Å². The van der Waals surface area contributed by atoms with Gasteiger partial charge in [0.15, 0.2) is 0 Å². The van der Waals surface area contributed by atoms with Crippen molar-refractivity contribution in [1.29, 1.82) is 0 Å². The zero-order valence-corrected chi connectivity index (χ0v) is 55.9. The number of para-hydroxylation sites is 4. The molecule has 0 aromatic heterocycles. The Morgan fingerprint density at radius 2 is 0.608 bits per heavy atom. The van der Waals surface area contributed by atoms with E-state index in [1.54, 1.807) is 97.1 Å². The second-order valence-corrected chi connectivity index (χ2v) is 24.4. The van der Waals surface area contributed by atoms with E-state index < -0.39 is 60.5 Å². The third kappa shape index (κ3) is 14.4. The molecule has 20 nitrogen and oxygen atoms in total. The molecule has 11 aromatic rings. The van der Waals surface area contributed by atoms with Gasteiger partial charge in [-0.3, -0.25) is 38.6 Å². The molecule has 13 rings (SSSR count). The summed E-state index contributed by atoms with van der Waals surface area (Å²) in [5.41, 5.74) is 1.90. The zero-order chi connectivity index (χ0) is 71.0. The van der Waals surface area contributed by atoms with E-state index in [0.717, 1.165) is 20.9 Å². The van der Waals surface area contributed by atoms with E-state index in [9.17, 15) is 9.59 Å². The summed E-state index contributed by atoms with van der Waals surface area (Å²) in [6, 6.07) is 59.8. The minimum absolute atomic E-state index is 0.00773. The van der Waals surface area contributed by atoms with Crippen LogP contribution in [0.5, 0.6) is 46.0 Å². The van der Waals surface area contributed by atoms with Crippen LogP contribution in [-0.2, 0) is 51.2 Å². The molecular formula is C82H68N4O16. The van der Waals surface area contributed by atoms with Gasteiger partial charge in [0, 0.05) is 80.4 Å². The number of amides is 6. The maximum absolute atomic E-state index is 15.9. The Bertz CT molecular complexity index is 4550. The van der Waals surface area contributed by atoms with E-state index in [1.807, 2.05) is 84.9 Å². The maximum atomic E-state index is 15.9. The monoisotopic (exact) mass is 1360 g/mol. The zero-order valence-electron chi connectivity index (χ0n) is 55.9. The second-order valence-electron chi connectivity index (χ2n) is 24.4. The molecular weight excluding hydrogens is 1300 g/mol. The molecule has 6 amide bonds. The van der Waals surface area contributed by atoms with Crippen molar-refractivity contribution in [2.45, 2.75) is 26.9 Å². The van der Waals surface area contributed by atoms with Gasteiger partial charge in [-0.25, -0.2) is 9.59 Å². The normalized spacial score (nSPS) is 12.5. The lowest BCUT2D eigenvalue weighted by molar-refractivity contribution is -0.141. The lowest BCUT2D eigenvalue weighted by Gasteiger charge is -2.33. The summed E-state index contributed by atoms with van der Waals surface area (Å²) in [4.78, 5) is 123. The molecule has 0 saturated carbocycles. The molecule has 0 saturated heterocycles. The van der Waals surface area contributed by atoms with Crippen molar-refractivity contribution in [3.63, 3.8) is 0 Å². The van der Waals surface area contributed by atoms with E-state index in [4.69, 9.17) is 37.9 Å². The van der Waals surface area contributed by atoms with Crippen LogP contribution in [0, 0.1) is 0 Å². The number of carbonyl (C=O) groups excluding carboxylic acids is 8. The van der Waals surface area contributed by atoms with Crippen LogP contribution in [0.1, 0.15) is 66.4 Å². The van der Waals surface area contributed by atoms with Gasteiger partial charge in [-0.1, -0.05) is 147 Å². The molecule has 2 aliphatic heterocycles. The van der Waals surface area contributed by atoms with Crippen LogP contribution in [0.3, 0.4) is 0 Å². The number of fused-ring (bicyclic) bond motifs is 2. The summed E-state index contributed by atoms with van der Waals surface area (Å²) in [6.45, 7) is 9.02. The molecule has 0 atom stereocenters. The summed E-state index contributed by atoms with van der Waals surface area (Å²) in [6.07, 6.45) is 0. The van der Waals surface area contributed by atoms with Gasteiger partial charge >= 0.3 is 11.9 Å². The Balaban J connectivity index is 1.01. The fraction of sp³-hybridized carbons (Fsp3) is 0.171. The quantitative estimate of drug-likeness (QED) is 0.0102. The van der Waals surface area contributed by atoms with E-state index in [1.165, 1.54) is 47.9 Å². The van der Waals surface area contributed by atoms with Crippen molar-refractivity contribution in [3.05, 3.63) is 264 Å². The van der Waals surface area contributed by atoms with Crippen LogP contribution in [0.4, 0.5) is 0 Å². The molecule has 2 aliphatic rings. The number of carbonyl (C=O) groups is 8. The number of rotatable bonds is 30. The smallest absolute Gasteiger partial charge is 0.333 e. The molecule has 0 spiro atoms. The third-order valence-corrected chi connectivity index (χ3v) is 17.3. The summed E-state index contributed by atoms with van der Waals surface area (Å²) in [5.74, 6) is -4.10. The Morgan fingerprint density at radius 1 is 0.343 bits per heavy atom. The van der Waals surface area contributed by atoms with Crippen LogP contribution >= 0.6 is 0 Å². The highest BCUT2D eigenvalue weighted by molar-refractivity contribution is 6.45. The minimum atomic E-state index is -0.830. The molecule has 0 N–H and O–H groups in total. The number of hydrogen-bond acceptors (Lipinski definition) is 16. The highest BCUT2D eigenvalue weighted by Crippen LogP contribution is 2.58. The van der Waals surface area contributed by atoms with Crippen molar-refractivity contribution in [2.24, 2.45) is 0 Å². The largest absolute Gasteiger partial charge is 0.460 e. The maximum Gasteiger partial charge on any atom is 0.333 e. The van der Waals surface area contributed by atoms with Gasteiger partial charge in [0.05, 0.1) is 48.7 Å². The van der Waals surface area contributed by atoms with Crippen molar-refractivity contribution in [2.75, 3.05) is 65.8 Å². The van der Waals surface area contributed by atoms with Crippen molar-refractivity contribution in [1.82, 2.24) is 19.6 Å². The van der Waals surface area contributed by atoms with Crippen molar-refractivity contribution >= 4 is 90.5 Å². The number of ether oxygens (including phenoxy) is 8. The van der Waals surface area contributed by atoms with Crippen molar-refractivity contribution in [3.8, 4) is 46.0 Å². The van der Waals surface area contributed by atoms with Crippen LogP contribution in [0.15, 0.2) is 231 Å². The highest BCUT2D eigenvalue weighted by Gasteiger charge is 2.43. The van der Waals surface area contributed by atoms with Gasteiger partial charge < -0.3 is 47.7 Å². The van der Waals surface area contributed by atoms with Gasteiger partial charge in [0.2, 0.25) is 11.8 Å². The third-order valence-electron chi connectivity index (χ3n) is 17.3. The molecule has 102 heavy (non-hydrogen) atoms. The molecule has 2 heterocycles. The molecule has 0 bridgehead atoms. The van der Waals surface area contributed by atoms with Crippen LogP contribution in [0.2, 0.25) is 0 Å². The molecule has 0 radical (unpaired) electrons. The lowest BCUT2D eigenvalue weighted by atomic mass is 9.80. The average Bonchev–Trinajstić information content (AvgIpc) is 0.673. The van der Waals surface area contributed by atoms with E-state index in [2.05, 4.69) is 13.2 Å². The molecule has 0 aliphatic carbocycles. The fourth-order valence-corrected chi connectivity index (χ4v) is 12.5. The number of imide groups is 2. The molecule has 20 heteroatoms. The van der Waals surface area contributed by atoms with Gasteiger partial charge in [-0.15, -0.1) is 0 Å². The highest BCUT2D eigenvalue weighted by atomic mass is 16.6. The summed E-state index contributed by atoms with van der Waals surface area (Å²) in [7, 11) is 0. The first kappa shape index (κ1) is 68.0. The first-order valence-electron chi connectivity index (χ1n) is 33.0. The van der Waals surface area contributed by atoms with E-state index in [-0.39, 0.29) is 165 Å². The number of esters is 2. The number of benzene rings is 11. The van der Waals surface area contributed by atoms with E-state index >= 15 is 28.8 Å². The van der Waals surface area contributed by atoms with E-state index in [0.29, 0.717) is 23.0 Å². The SMILES string of the molecule is C=C(C)C(=O)OCCOCCN(Cc1ccccc1)C(=O)CN1C(=O)c2cc(Oc3ccccc3)c3c4c(Oc5ccccc5)cc5c6c(cc(Oc7ccccc7)c(c7c(Oc8ccccc8)cc(c2c37)C1=O)c64)C(=O)N(CC(=O)N(CCOCCOC(=O)C(=C)C)Cc1ccccc1)C5=O. The first-order chi connectivity index (χ1) is 49.6. The predicted molar refractivity (Wildman–Crippen MR) is 381 cm³/mol. The van der Waals surface area contributed by atoms with Crippen molar-refractivity contribution < 1.29 is 76.3 Å². The standard InChI is InChI=1S/C82H68N4O16/c1-51(2)81(93)97-41-39-95-37-35-83(47-53-23-11-5-12-24-53)67(87)49-85-77(89)59-43-63(99-55-27-15-7-16-28-55)71-73-65(101-57-31-19-9-20-32-57)45-61-70-62(80(92)86(79(61)91)50-68(88)84(48-54-25-13-6-14-26-54)36-38-96-40-42-98-82(94)52(3)4)46-66(102-58-33-21-10-22-34-58)74(76(70)73)72-64(100-56-29-17-8-18-30-56)44-60(78(85)90)69(59)75(71)72/h5-34,43-46H,1,3,35-42,47-50H2,2,4H3. The van der Waals surface area contributed by atoms with Crippen LogP contribution in [0.25, 0.3) is 43.1 Å². The van der Waals surface area contributed by atoms with Gasteiger partial charge in [-0.05, 0) is 97.8 Å². The van der Waals surface area contributed by atoms with Gasteiger partial charge in [0.1, 0.15) is 72.3 Å². The van der Waals surface area contributed by atoms with Gasteiger partial charge in [0.25, 0.3) is 23.6 Å². The summed E-state index contributed by atoms with van der Waals surface area (Å²) < 4.78 is 50.3. The first-order valence-corrected chi connectivity index (χ1v) is 33.0. The molecule has 0 unspecified atom stereocenters. The van der Waals surface area contributed by atoms with Gasteiger partial charge in [-0.2, -0.15) is 0 Å². The fourth-order valence-electron chi connectivity index (χ4n) is 12.5. The molecule has 0 fully saturated rings. The minimum Gasteiger partial charge on any atom is -0.460 e. The molecule has 512 valence electrons. The Morgan fingerprint density at radius 3 is 0.873 bits per heavy atom. The predicted octanol–water partition coefficient (Wildman–Crippen LogP) is 14.4. The Kier molecular flexibility index (Phi) is 20.2.